The molecule has 0 aliphatic carbocycles. The fourth-order valence-electron chi connectivity index (χ4n) is 1.35. The van der Waals surface area contributed by atoms with Gasteiger partial charge in [-0.25, -0.2) is 0 Å². The average molecular weight is 219 g/mol. The number of rotatable bonds is 0. The van der Waals surface area contributed by atoms with Crippen LogP contribution < -0.4 is 0 Å². The number of hydrogen-bond acceptors (Lipinski definition) is 4. The lowest BCUT2D eigenvalue weighted by Crippen LogP contribution is -2.45. The Hall–Kier alpha value is -0.270. The summed E-state index contributed by atoms with van der Waals surface area (Å²) in [6.45, 7) is -0.0314. The summed E-state index contributed by atoms with van der Waals surface area (Å²) in [5.74, 6) is 0. The van der Waals surface area contributed by atoms with Crippen LogP contribution in [0.15, 0.2) is 15.7 Å². The zero-order chi connectivity index (χ0) is 9.64. The van der Waals surface area contributed by atoms with Crippen molar-refractivity contribution in [2.75, 3.05) is 13.6 Å². The van der Waals surface area contributed by atoms with Crippen LogP contribution in [-0.4, -0.2) is 27.0 Å². The molecule has 0 saturated carbocycles. The monoisotopic (exact) mass is 219 g/mol. The predicted octanol–water partition coefficient (Wildman–Crippen LogP) is 0.762. The van der Waals surface area contributed by atoms with Gasteiger partial charge in [-0.15, -0.1) is 11.3 Å². The topological polar surface area (TPSA) is 60.4 Å². The minimum absolute atomic E-state index is 0.0314. The Morgan fingerprint density at radius 3 is 3.23 bits per heavy atom. The summed E-state index contributed by atoms with van der Waals surface area (Å²) in [4.78, 5) is 0. The van der Waals surface area contributed by atoms with Crippen LogP contribution in [0.4, 0.5) is 0 Å². The highest BCUT2D eigenvalue weighted by Crippen LogP contribution is 2.36. The summed E-state index contributed by atoms with van der Waals surface area (Å²) in [5.41, 5.74) is 0.648. The molecule has 1 aromatic heterocycles. The third kappa shape index (κ3) is 1.35. The van der Waals surface area contributed by atoms with Gasteiger partial charge in [-0.1, -0.05) is 0 Å². The van der Waals surface area contributed by atoms with Crippen LogP contribution in [0.25, 0.3) is 0 Å². The Balaban J connectivity index is 2.54. The molecule has 0 amide bonds. The average Bonchev–Trinajstić information content (AvgIpc) is 2.47. The summed E-state index contributed by atoms with van der Waals surface area (Å²) in [7, 11) is -0.253. The Morgan fingerprint density at radius 2 is 2.54 bits per heavy atom. The van der Waals surface area contributed by atoms with Gasteiger partial charge in [-0.3, -0.25) is 4.05 Å². The standard InChI is InChI=1S/C7H9NO3S2/c1-8(10)4-6(9)5-2-3-12-7(5)13(8)11/h2-3,6,9H,4H2,1H3. The van der Waals surface area contributed by atoms with E-state index in [4.69, 9.17) is 0 Å². The second-order valence-electron chi connectivity index (χ2n) is 3.13. The lowest BCUT2D eigenvalue weighted by Gasteiger charge is -2.39. The number of aliphatic hydroxyl groups excluding tert-OH is 1. The van der Waals surface area contributed by atoms with Crippen molar-refractivity contribution in [1.29, 1.82) is 0 Å². The summed E-state index contributed by atoms with van der Waals surface area (Å²) in [6.07, 6.45) is -0.776. The molecule has 0 fully saturated rings. The summed E-state index contributed by atoms with van der Waals surface area (Å²) < 4.78 is 11.2. The third-order valence-corrected chi connectivity index (χ3v) is 4.87. The van der Waals surface area contributed by atoms with Gasteiger partial charge < -0.3 is 10.3 Å². The molecule has 0 saturated heterocycles. The van der Waals surface area contributed by atoms with Crippen LogP contribution in [0.5, 0.6) is 0 Å². The molecule has 0 radical (unpaired) electrons. The van der Waals surface area contributed by atoms with Crippen LogP contribution >= 0.6 is 11.3 Å². The molecule has 3 unspecified atom stereocenters. The maximum atomic E-state index is 11.6. The second kappa shape index (κ2) is 2.86. The molecule has 2 rings (SSSR count). The molecule has 13 heavy (non-hydrogen) atoms. The SMILES string of the molecule is C[N+]1([O-])CC(O)c2ccsc2S1=O. The highest BCUT2D eigenvalue weighted by atomic mass is 32.2. The van der Waals surface area contributed by atoms with Gasteiger partial charge >= 0.3 is 0 Å². The van der Waals surface area contributed by atoms with E-state index in [9.17, 15) is 14.5 Å². The largest absolute Gasteiger partial charge is 0.618 e. The van der Waals surface area contributed by atoms with Crippen LogP contribution in [0.2, 0.25) is 0 Å². The van der Waals surface area contributed by atoms with E-state index in [2.05, 4.69) is 0 Å². The van der Waals surface area contributed by atoms with Gasteiger partial charge in [0.05, 0.1) is 7.05 Å². The minimum atomic E-state index is -1.57. The number of fused-ring (bicyclic) bond motifs is 1. The predicted molar refractivity (Wildman–Crippen MR) is 50.1 cm³/mol. The van der Waals surface area contributed by atoms with Crippen molar-refractivity contribution in [3.63, 3.8) is 0 Å². The van der Waals surface area contributed by atoms with Gasteiger partial charge in [0.15, 0.2) is 4.21 Å². The maximum Gasteiger partial charge on any atom is 0.250 e. The molecule has 72 valence electrons. The molecule has 0 aromatic carbocycles. The van der Waals surface area contributed by atoms with Crippen molar-refractivity contribution in [2.24, 2.45) is 0 Å². The summed E-state index contributed by atoms with van der Waals surface area (Å²) in [6, 6.07) is 1.72. The molecule has 1 aliphatic rings. The first-order chi connectivity index (χ1) is 6.02. The smallest absolute Gasteiger partial charge is 0.250 e. The second-order valence-corrected chi connectivity index (χ2v) is 5.98. The van der Waals surface area contributed by atoms with Gasteiger partial charge in [0.25, 0.3) is 11.0 Å². The minimum Gasteiger partial charge on any atom is -0.618 e. The van der Waals surface area contributed by atoms with Gasteiger partial charge in [-0.05, 0) is 11.4 Å². The van der Waals surface area contributed by atoms with Crippen LogP contribution in [-0.2, 0) is 11.0 Å². The molecule has 2 heterocycles. The van der Waals surface area contributed by atoms with Crippen LogP contribution in [0.3, 0.4) is 0 Å². The molecule has 3 atom stereocenters. The summed E-state index contributed by atoms with van der Waals surface area (Å²) in [5, 5.41) is 22.9. The van der Waals surface area contributed by atoms with E-state index in [1.807, 2.05) is 0 Å². The number of hydrogen-bond donors (Lipinski definition) is 1. The lowest BCUT2D eigenvalue weighted by molar-refractivity contribution is -0.732. The third-order valence-electron chi connectivity index (χ3n) is 2.03. The van der Waals surface area contributed by atoms with Crippen molar-refractivity contribution in [1.82, 2.24) is 0 Å². The van der Waals surface area contributed by atoms with E-state index in [1.54, 1.807) is 11.4 Å². The molecule has 4 nitrogen and oxygen atoms in total. The van der Waals surface area contributed by atoms with E-state index in [0.717, 1.165) is 0 Å². The van der Waals surface area contributed by atoms with E-state index < -0.39 is 21.1 Å². The van der Waals surface area contributed by atoms with Crippen molar-refractivity contribution >= 4 is 22.3 Å². The van der Waals surface area contributed by atoms with Crippen molar-refractivity contribution in [2.45, 2.75) is 10.3 Å². The van der Waals surface area contributed by atoms with E-state index in [0.29, 0.717) is 9.77 Å². The molecule has 0 bridgehead atoms. The number of aliphatic hydroxyl groups is 1. The van der Waals surface area contributed by atoms with Crippen molar-refractivity contribution < 1.29 is 13.4 Å². The van der Waals surface area contributed by atoms with Crippen molar-refractivity contribution in [3.8, 4) is 0 Å². The fraction of sp³-hybridized carbons (Fsp3) is 0.429. The molecular formula is C7H9NO3S2. The van der Waals surface area contributed by atoms with Gasteiger partial charge in [-0.2, -0.15) is 4.21 Å². The number of nitrogens with zero attached hydrogens (tertiary/aromatic N) is 1. The Morgan fingerprint density at radius 1 is 1.85 bits per heavy atom. The van der Waals surface area contributed by atoms with E-state index in [1.165, 1.54) is 18.4 Å². The van der Waals surface area contributed by atoms with E-state index in [-0.39, 0.29) is 6.54 Å². The zero-order valence-electron chi connectivity index (χ0n) is 6.97. The lowest BCUT2D eigenvalue weighted by atomic mass is 10.2. The molecule has 6 heteroatoms. The molecule has 1 N–H and O–H groups in total. The molecule has 0 spiro atoms. The Bertz CT molecular complexity index is 360. The van der Waals surface area contributed by atoms with Gasteiger partial charge in [0, 0.05) is 5.56 Å². The summed E-state index contributed by atoms with van der Waals surface area (Å²) >= 11 is 1.26. The quantitative estimate of drug-likeness (QED) is 0.517. The Kier molecular flexibility index (Phi) is 2.04. The number of quaternary nitrogens is 1. The first-order valence-electron chi connectivity index (χ1n) is 3.77. The van der Waals surface area contributed by atoms with Gasteiger partial charge in [0.1, 0.15) is 12.6 Å². The number of likely N-dealkylation sites (N-methyl/N-ethyl adjacent to an activating group) is 1. The highest BCUT2D eigenvalue weighted by Gasteiger charge is 2.36. The van der Waals surface area contributed by atoms with E-state index >= 15 is 0 Å². The Labute approximate surface area is 82.2 Å². The van der Waals surface area contributed by atoms with Crippen LogP contribution in [0, 0.1) is 5.21 Å². The van der Waals surface area contributed by atoms with Crippen molar-refractivity contribution in [3.05, 3.63) is 22.2 Å². The van der Waals surface area contributed by atoms with Crippen LogP contribution in [0.1, 0.15) is 11.7 Å². The highest BCUT2D eigenvalue weighted by molar-refractivity contribution is 7.82. The molecule has 1 aromatic rings. The van der Waals surface area contributed by atoms with Gasteiger partial charge in [0.2, 0.25) is 0 Å². The number of hydroxylamine groups is 2. The first-order valence-corrected chi connectivity index (χ1v) is 5.75. The molecular weight excluding hydrogens is 210 g/mol. The fourth-order valence-corrected chi connectivity index (χ4v) is 4.03. The normalized spacial score (nSPS) is 38.7. The number of thiophene rings is 1. The zero-order valence-corrected chi connectivity index (χ0v) is 8.60. The molecule has 1 aliphatic heterocycles. The first kappa shape index (κ1) is 9.29. The maximum absolute atomic E-state index is 11.6.